The maximum Gasteiger partial charge on any atom is 0.314 e. The Hall–Kier alpha value is -6.77. The summed E-state index contributed by atoms with van der Waals surface area (Å²) in [5, 5.41) is 27.0. The zero-order valence-electron chi connectivity index (χ0n) is 86.8. The summed E-state index contributed by atoms with van der Waals surface area (Å²) in [6, 6.07) is 21.0. The summed E-state index contributed by atoms with van der Waals surface area (Å²) < 4.78 is 56.4. The molecule has 1 heterocycles. The Morgan fingerprint density at radius 3 is 1.20 bits per heavy atom. The summed E-state index contributed by atoms with van der Waals surface area (Å²) >= 11 is 0. The van der Waals surface area contributed by atoms with Crippen molar-refractivity contribution in [2.24, 2.45) is 72.9 Å². The van der Waals surface area contributed by atoms with E-state index < -0.39 is 40.5 Å². The molecule has 1 aliphatic heterocycles. The first-order valence-electron chi connectivity index (χ1n) is 48.4. The van der Waals surface area contributed by atoms with Gasteiger partial charge in [0.05, 0.1) is 57.2 Å². The van der Waals surface area contributed by atoms with Crippen LogP contribution in [0, 0.1) is 72.9 Å². The van der Waals surface area contributed by atoms with Gasteiger partial charge in [-0.2, -0.15) is 0 Å². The molecule has 732 valence electrons. The predicted octanol–water partition coefficient (Wildman–Crippen LogP) is 27.6. The number of aromatic hydroxyl groups is 3. The molecule has 0 radical (unpaired) electrons. The van der Waals surface area contributed by atoms with Crippen molar-refractivity contribution in [2.45, 2.75) is 458 Å². The molecule has 12 unspecified atom stereocenters. The minimum atomic E-state index is -0.490. The van der Waals surface area contributed by atoms with Crippen molar-refractivity contribution >= 4 is 41.8 Å². The molecule has 4 fully saturated rings. The van der Waals surface area contributed by atoms with Gasteiger partial charge in [0, 0.05) is 29.1 Å². The number of fused-ring (bicyclic) bond motifs is 1. The second-order valence-electron chi connectivity index (χ2n) is 42.9. The number of hydrogen-bond donors (Lipinski definition) is 3. The lowest BCUT2D eigenvalue weighted by Gasteiger charge is -2.36. The van der Waals surface area contributed by atoms with E-state index >= 15 is 0 Å². The van der Waals surface area contributed by atoms with Gasteiger partial charge in [-0.15, -0.1) is 0 Å². The molecule has 2 bridgehead atoms. The molecular weight excluding hydrogens is 1610 g/mol. The molecule has 3 aliphatic carbocycles. The van der Waals surface area contributed by atoms with Crippen LogP contribution < -0.4 is 4.74 Å². The van der Waals surface area contributed by atoms with E-state index in [1.165, 1.54) is 42.5 Å². The number of esters is 7. The molecule has 20 nitrogen and oxygen atoms in total. The van der Waals surface area contributed by atoms with Crippen molar-refractivity contribution in [1.29, 1.82) is 0 Å². The van der Waals surface area contributed by atoms with Crippen LogP contribution in [0.4, 0.5) is 0 Å². The highest BCUT2D eigenvalue weighted by molar-refractivity contribution is 5.79. The lowest BCUT2D eigenvalue weighted by Crippen LogP contribution is -2.41. The van der Waals surface area contributed by atoms with Gasteiger partial charge in [0.2, 0.25) is 18.9 Å². The minimum Gasteiger partial charge on any atom is -0.508 e. The van der Waals surface area contributed by atoms with Crippen LogP contribution in [-0.4, -0.2) is 113 Å². The largest absolute Gasteiger partial charge is 0.508 e. The molecule has 7 rings (SSSR count). The third kappa shape index (κ3) is 45.3. The topological polar surface area (TPSA) is 272 Å². The van der Waals surface area contributed by atoms with E-state index in [-0.39, 0.29) is 118 Å². The van der Waals surface area contributed by atoms with Crippen molar-refractivity contribution in [3.63, 3.8) is 0 Å². The van der Waals surface area contributed by atoms with Crippen LogP contribution in [0.5, 0.6) is 23.0 Å². The van der Waals surface area contributed by atoms with E-state index in [1.54, 1.807) is 36.4 Å². The molecular formula is C107H184O20. The molecule has 127 heavy (non-hydrogen) atoms. The van der Waals surface area contributed by atoms with Gasteiger partial charge in [-0.25, -0.2) is 0 Å². The first-order valence-corrected chi connectivity index (χ1v) is 48.4. The maximum atomic E-state index is 12.3. The normalized spacial score (nSPS) is 18.5. The van der Waals surface area contributed by atoms with Crippen molar-refractivity contribution in [2.75, 3.05) is 0 Å². The number of ether oxygens (including phenoxy) is 10. The summed E-state index contributed by atoms with van der Waals surface area (Å²) in [6.45, 7) is 74.8. The van der Waals surface area contributed by atoms with Gasteiger partial charge in [0.25, 0.3) is 0 Å². The number of rotatable bonds is 35. The second-order valence-corrected chi connectivity index (χ2v) is 42.9. The standard InChI is InChI=1S/C17H32O3.C16H32O3.C15H30O3.C14H20O4.C14H28O2.C11H14O3.2C10H14O/c1-7-17(5,6)14(18)20-15(16(2,3)4)19-13-11-9-8-10-12-13;1-9-12(10-2)18-14(15(4,5)6)19-13(17)16(7,8)11-3;1-9-15(7,8)13(16)18-12(17-11(2)3)10-14(4,5)6;1-4-14(2,3)13(16)18-10-7-5-8-9(6-7)12(15)17-11(8)10;1-7-9-12(10-11(3)4)16-13(15)14(5,6)8-2;1-3-8(2)11(13)14-10-6-4-9(12)5-7-10;2*1-3-8(2)9-4-6-10(11)7-5-9/h13,15H,7-12H2,1-6H3;12,14H,9-11H2,1-8H3;11-12H,9-10H2,1-8H3;7-11H,4-6H2,1-3H3;11-12H,7-10H2,1-6H3;4-8,12H,3H2,1-2H3;2*4-8,11H,3H2,1-2H3. The Morgan fingerprint density at radius 1 is 0.449 bits per heavy atom. The number of phenolic OH excluding ortho intramolecular Hbond substituents is 3. The smallest absolute Gasteiger partial charge is 0.314 e. The van der Waals surface area contributed by atoms with Gasteiger partial charge in [-0.1, -0.05) is 223 Å². The van der Waals surface area contributed by atoms with Crippen LogP contribution in [0.15, 0.2) is 72.8 Å². The highest BCUT2D eigenvalue weighted by atomic mass is 16.7. The van der Waals surface area contributed by atoms with Crippen LogP contribution in [0.25, 0.3) is 0 Å². The fourth-order valence-electron chi connectivity index (χ4n) is 13.0. The van der Waals surface area contributed by atoms with Crippen molar-refractivity contribution in [3.05, 3.63) is 83.9 Å². The number of phenols is 3. The number of carbonyl (C=O) groups excluding carboxylic acids is 7. The fourth-order valence-corrected chi connectivity index (χ4v) is 13.0. The molecule has 3 N–H and O–H groups in total. The SMILES string of the molecule is CCC(C)(C)C(=O)OC(CC(C)(C)C)OC(C)C.CCC(C)(C)C(=O)OC(OC1CCCCC1)C(C)(C)C.CCC(C)(C)C(=O)OC1C2CC3C(=O)OC1C3C2.CCC(C)C(=O)Oc1ccc(O)cc1.CCC(C)c1ccc(O)cc1.CCC(C)c1ccc(O)cc1.CCC(CC)OC(OC(=O)C(C)(C)CC)C(C)(C)C.CCCC(CC(C)C)OC(=O)C(C)(C)CC. The van der Waals surface area contributed by atoms with E-state index in [2.05, 4.69) is 104 Å². The van der Waals surface area contributed by atoms with E-state index in [4.69, 9.17) is 62.7 Å². The minimum absolute atomic E-state index is 0.0471. The van der Waals surface area contributed by atoms with Gasteiger partial charge < -0.3 is 62.7 Å². The molecule has 0 aromatic heterocycles. The van der Waals surface area contributed by atoms with Crippen LogP contribution in [0.2, 0.25) is 0 Å². The number of hydrogen-bond acceptors (Lipinski definition) is 20. The van der Waals surface area contributed by atoms with Gasteiger partial charge in [0.15, 0.2) is 0 Å². The van der Waals surface area contributed by atoms with Gasteiger partial charge in [-0.3, -0.25) is 33.6 Å². The first kappa shape index (κ1) is 120. The number of carbonyl (C=O) groups is 7. The molecule has 3 aromatic carbocycles. The predicted molar refractivity (Wildman–Crippen MR) is 513 cm³/mol. The zero-order valence-corrected chi connectivity index (χ0v) is 86.8. The van der Waals surface area contributed by atoms with Crippen molar-refractivity contribution in [3.8, 4) is 23.0 Å². The van der Waals surface area contributed by atoms with E-state index in [0.717, 1.165) is 109 Å². The Morgan fingerprint density at radius 2 is 0.843 bits per heavy atom. The van der Waals surface area contributed by atoms with Crippen molar-refractivity contribution < 1.29 is 96.2 Å². The average Bonchev–Trinajstić information content (AvgIpc) is 1.57. The van der Waals surface area contributed by atoms with Gasteiger partial charge in [0.1, 0.15) is 41.3 Å². The molecule has 12 atom stereocenters. The zero-order chi connectivity index (χ0) is 98.1. The van der Waals surface area contributed by atoms with E-state index in [1.807, 2.05) is 177 Å². The summed E-state index contributed by atoms with van der Waals surface area (Å²) in [7, 11) is 0. The van der Waals surface area contributed by atoms with Crippen LogP contribution in [0.3, 0.4) is 0 Å². The van der Waals surface area contributed by atoms with E-state index in [0.29, 0.717) is 53.3 Å². The highest BCUT2D eigenvalue weighted by Crippen LogP contribution is 2.56. The molecule has 4 aliphatic rings. The third-order valence-corrected chi connectivity index (χ3v) is 25.1. The Bertz CT molecular complexity index is 3530. The summed E-state index contributed by atoms with van der Waals surface area (Å²) in [5.41, 5.74) is 0.0919. The third-order valence-electron chi connectivity index (χ3n) is 25.1. The quantitative estimate of drug-likeness (QED) is 0.0214. The maximum absolute atomic E-state index is 12.3. The summed E-state index contributed by atoms with van der Waals surface area (Å²) in [5.74, 6) is 2.64. The molecule has 3 saturated carbocycles. The second kappa shape index (κ2) is 56.8. The number of benzene rings is 3. The van der Waals surface area contributed by atoms with Crippen LogP contribution >= 0.6 is 0 Å². The molecule has 0 amide bonds. The Balaban J connectivity index is 0.00000144. The van der Waals surface area contributed by atoms with Crippen LogP contribution in [-0.2, 0) is 76.2 Å². The lowest BCUT2D eigenvalue weighted by atomic mass is 9.87. The highest BCUT2D eigenvalue weighted by Gasteiger charge is 2.63. The Kier molecular flexibility index (Phi) is 53.8. The molecule has 20 heteroatoms. The first-order chi connectivity index (χ1) is 58.6. The fraction of sp³-hybridized carbons (Fsp3) is 0.766. The summed E-state index contributed by atoms with van der Waals surface area (Å²) in [6.07, 6.45) is 19.0. The van der Waals surface area contributed by atoms with E-state index in [9.17, 15) is 33.6 Å². The van der Waals surface area contributed by atoms with Crippen LogP contribution in [0.1, 0.15) is 414 Å². The van der Waals surface area contributed by atoms with Gasteiger partial charge >= 0.3 is 41.8 Å². The van der Waals surface area contributed by atoms with Crippen molar-refractivity contribution in [1.82, 2.24) is 0 Å². The molecule has 1 saturated heterocycles. The summed E-state index contributed by atoms with van der Waals surface area (Å²) in [4.78, 5) is 83.6. The average molecular weight is 1790 g/mol. The monoisotopic (exact) mass is 1790 g/mol. The Labute approximate surface area is 772 Å². The molecule has 3 aromatic rings. The lowest BCUT2D eigenvalue weighted by molar-refractivity contribution is -0.228. The molecule has 0 spiro atoms. The van der Waals surface area contributed by atoms with Gasteiger partial charge in [-0.05, 0) is 269 Å².